The minimum absolute atomic E-state index is 0.566. The molecule has 0 saturated carbocycles. The fourth-order valence-corrected chi connectivity index (χ4v) is 0.866. The molecule has 7 heteroatoms. The molecule has 0 nitrogen and oxygen atoms in total. The summed E-state index contributed by atoms with van der Waals surface area (Å²) in [4.78, 5) is 0. The van der Waals surface area contributed by atoms with Crippen LogP contribution in [0.2, 0.25) is 0 Å². The molecule has 0 aliphatic carbocycles. The number of hydrogen-bond donors (Lipinski definition) is 0. The Morgan fingerprint density at radius 2 is 2.14 bits per heavy atom. The van der Waals surface area contributed by atoms with E-state index in [9.17, 15) is 0 Å². The molecule has 0 aliphatic rings. The fourth-order valence-electron chi connectivity index (χ4n) is 0.0962. The minimum atomic E-state index is -0.566. The van der Waals surface area contributed by atoms with Crippen LogP contribution in [-0.2, 0) is 0 Å². The fraction of sp³-hybridized carbons (Fsp3) is 0. The van der Waals surface area contributed by atoms with Crippen LogP contribution in [0.25, 0.3) is 0 Å². The molecule has 0 aromatic carbocycles. The van der Waals surface area contributed by atoms with Gasteiger partial charge >= 0.3 is 53.0 Å². The predicted molar refractivity (Wildman–Crippen MR) is 44.0 cm³/mol. The Morgan fingerprint density at radius 1 is 1.57 bits per heavy atom. The van der Waals surface area contributed by atoms with Gasteiger partial charge in [0.15, 0.2) is 0 Å². The Labute approximate surface area is 53.3 Å². The molecule has 0 aromatic rings. The third kappa shape index (κ3) is 6.89. The Balaban J connectivity index is 3.41. The van der Waals surface area contributed by atoms with Gasteiger partial charge in [-0.25, -0.2) is 0 Å². The third-order valence-electron chi connectivity index (χ3n) is 0.245. The summed E-state index contributed by atoms with van der Waals surface area (Å²) in [5.74, 6) is 0. The molecule has 0 N–H and O–H groups in total. The summed E-state index contributed by atoms with van der Waals surface area (Å²) in [5.41, 5.74) is 0. The quantitative estimate of drug-likeness (QED) is 0.327. The first kappa shape index (κ1) is 7.89. The maximum absolute atomic E-state index is 5.14. The topological polar surface area (TPSA) is 0 Å². The number of hydrogen-bond acceptors (Lipinski definition) is 1. The average Bonchev–Trinajstić information content (AvgIpc) is 1.61. The monoisotopic (exact) mass is 119 g/mol. The molecule has 0 bridgehead atoms. The molecule has 0 unspecified atom stereocenters. The van der Waals surface area contributed by atoms with Crippen LogP contribution < -0.4 is 0 Å². The van der Waals surface area contributed by atoms with Gasteiger partial charge in [0.05, 0.1) is 0 Å². The van der Waals surface area contributed by atoms with E-state index in [1.54, 1.807) is 6.08 Å². The van der Waals surface area contributed by atoms with E-state index in [4.69, 9.17) is 21.0 Å². The summed E-state index contributed by atoms with van der Waals surface area (Å²) < 4.78 is 0. The van der Waals surface area contributed by atoms with E-state index >= 15 is 0 Å². The molecule has 0 spiro atoms. The molecule has 0 atom stereocenters. The molecule has 27 valence electrons. The molecule has 3 radical (unpaired) electrons. The third-order valence-corrected chi connectivity index (χ3v) is 1.74. The van der Waals surface area contributed by atoms with Crippen LogP contribution in [-0.4, -0.2) is 33.8 Å². The van der Waals surface area contributed by atoms with Gasteiger partial charge in [-0.2, -0.15) is 0 Å². The van der Waals surface area contributed by atoms with Crippen LogP contribution in [0.3, 0.4) is 0 Å². The van der Waals surface area contributed by atoms with Gasteiger partial charge in [0, 0.05) is 0 Å². The van der Waals surface area contributed by atoms with E-state index < -0.39 is 8.59 Å². The first-order valence-corrected chi connectivity index (χ1v) is 4.29. The summed E-state index contributed by atoms with van der Waals surface area (Å²) >= 11 is 0. The van der Waals surface area contributed by atoms with E-state index in [1.165, 1.54) is 17.3 Å². The second-order valence-corrected chi connectivity index (χ2v) is 3.61. The molecule has 0 aliphatic heterocycles. The van der Waals surface area contributed by atoms with Crippen molar-refractivity contribution < 1.29 is 0 Å². The zero-order valence-corrected chi connectivity index (χ0v) is 5.34. The summed E-state index contributed by atoms with van der Waals surface area (Å²) in [6.07, 6.45) is 1.66. The van der Waals surface area contributed by atoms with Crippen molar-refractivity contribution in [2.24, 2.45) is 0 Å². The average molecular weight is 118 g/mol. The number of rotatable bonds is 1. The molecular formula is B5S2. The van der Waals surface area contributed by atoms with Gasteiger partial charge in [0.25, 0.3) is 0 Å². The van der Waals surface area contributed by atoms with Crippen molar-refractivity contribution in [3.63, 3.8) is 0 Å². The van der Waals surface area contributed by atoms with Crippen molar-refractivity contribution in [2.75, 3.05) is 0 Å². The molecule has 0 amide bonds. The summed E-state index contributed by atoms with van der Waals surface area (Å²) in [6.45, 7) is 11.7. The summed E-state index contributed by atoms with van der Waals surface area (Å²) in [6, 6.07) is 0. The predicted octanol–water partition coefficient (Wildman–Crippen LogP) is -0.608. The van der Waals surface area contributed by atoms with Crippen molar-refractivity contribution in [3.05, 3.63) is 0 Å². The summed E-state index contributed by atoms with van der Waals surface area (Å²) in [5, 5.41) is 0. The van der Waals surface area contributed by atoms with Gasteiger partial charge in [-0.3, -0.25) is 0 Å². The van der Waals surface area contributed by atoms with Gasteiger partial charge in [0.2, 0.25) is 0 Å². The molecule has 0 rings (SSSR count). The van der Waals surface area contributed by atoms with Crippen molar-refractivity contribution in [3.8, 4) is 0 Å². The standard InChI is InChI=1S/B5S2/c1-4-5-6-7(2)3. The van der Waals surface area contributed by atoms with Crippen molar-refractivity contribution in [1.29, 1.82) is 0 Å². The first-order valence-electron chi connectivity index (χ1n) is 1.54. The van der Waals surface area contributed by atoms with Gasteiger partial charge in [-0.1, -0.05) is 0 Å². The molecule has 7 heavy (non-hydrogen) atoms. The van der Waals surface area contributed by atoms with Gasteiger partial charge < -0.3 is 0 Å². The van der Waals surface area contributed by atoms with Crippen molar-refractivity contribution in [2.45, 2.75) is 0 Å². The maximum atomic E-state index is 5.14. The van der Waals surface area contributed by atoms with E-state index in [1.807, 2.05) is 0 Å². The van der Waals surface area contributed by atoms with E-state index in [0.717, 1.165) is 0 Å². The Kier molecular flexibility index (Phi) is 5.68. The van der Waals surface area contributed by atoms with Gasteiger partial charge in [0.1, 0.15) is 0 Å². The molecule has 0 saturated heterocycles. The zero-order chi connectivity index (χ0) is 5.70. The van der Waals surface area contributed by atoms with Crippen molar-refractivity contribution in [1.82, 2.24) is 0 Å². The molecule has 0 aromatic heterocycles. The SMILES string of the molecule is [B]B=BSS(=[B])#B. The van der Waals surface area contributed by atoms with Crippen LogP contribution in [0, 0.1) is 0 Å². The van der Waals surface area contributed by atoms with Crippen LogP contribution in [0.4, 0.5) is 0 Å². The van der Waals surface area contributed by atoms with Crippen molar-refractivity contribution >= 4 is 53.0 Å². The molecular weight excluding hydrogens is 118 g/mol. The van der Waals surface area contributed by atoms with Crippen LogP contribution in [0.5, 0.6) is 0 Å². The molecule has 0 fully saturated rings. The molecule has 0 heterocycles. The van der Waals surface area contributed by atoms with Crippen LogP contribution in [0.1, 0.15) is 0 Å². The second-order valence-electron chi connectivity index (χ2n) is 0.753. The van der Waals surface area contributed by atoms with Crippen LogP contribution in [0.15, 0.2) is 0 Å². The van der Waals surface area contributed by atoms with E-state index in [0.29, 0.717) is 0 Å². The summed E-state index contributed by atoms with van der Waals surface area (Å²) in [7, 11) is 5.71. The second kappa shape index (κ2) is 5.04. The zero-order valence-electron chi connectivity index (χ0n) is 3.70. The van der Waals surface area contributed by atoms with Crippen LogP contribution >= 0.6 is 19.2 Å². The van der Waals surface area contributed by atoms with E-state index in [-0.39, 0.29) is 0 Å². The Hall–Kier alpha value is 0.895. The normalized spacial score (nSPS) is 7.57. The Bertz CT molecular complexity index is 159. The van der Waals surface area contributed by atoms with Gasteiger partial charge in [-0.05, 0) is 0 Å². The van der Waals surface area contributed by atoms with E-state index in [2.05, 4.69) is 0 Å². The van der Waals surface area contributed by atoms with Gasteiger partial charge in [-0.15, -0.1) is 0 Å². The Morgan fingerprint density at radius 3 is 2.29 bits per heavy atom. The first-order chi connectivity index (χ1) is 3.27.